The van der Waals surface area contributed by atoms with Gasteiger partial charge in [-0.15, -0.1) is 0 Å². The predicted molar refractivity (Wildman–Crippen MR) is 133 cm³/mol. The fraction of sp³-hybridized carbons (Fsp3) is 0.0357. The van der Waals surface area contributed by atoms with Gasteiger partial charge in [-0.25, -0.2) is 4.39 Å². The molecular formula is C28H22FN3O3. The summed E-state index contributed by atoms with van der Waals surface area (Å²) in [5.74, 6) is -1.42. The normalized spacial score (nSPS) is 10.3. The van der Waals surface area contributed by atoms with Gasteiger partial charge >= 0.3 is 0 Å². The summed E-state index contributed by atoms with van der Waals surface area (Å²) in [4.78, 5) is 37.1. The molecule has 0 bridgehead atoms. The number of carbonyl (C=O) groups is 3. The quantitative estimate of drug-likeness (QED) is 0.347. The van der Waals surface area contributed by atoms with Gasteiger partial charge in [0.15, 0.2) is 0 Å². The van der Waals surface area contributed by atoms with E-state index in [-0.39, 0.29) is 23.9 Å². The van der Waals surface area contributed by atoms with Crippen LogP contribution in [0.2, 0.25) is 0 Å². The number of benzene rings is 4. The van der Waals surface area contributed by atoms with Gasteiger partial charge in [0.1, 0.15) is 5.82 Å². The number of anilines is 2. The zero-order valence-electron chi connectivity index (χ0n) is 18.6. The maximum Gasteiger partial charge on any atom is 0.255 e. The fourth-order valence-electron chi connectivity index (χ4n) is 3.37. The summed E-state index contributed by atoms with van der Waals surface area (Å²) in [5, 5.41) is 8.35. The Morgan fingerprint density at radius 1 is 0.571 bits per heavy atom. The lowest BCUT2D eigenvalue weighted by Gasteiger charge is -2.10. The van der Waals surface area contributed by atoms with E-state index in [0.717, 1.165) is 11.6 Å². The van der Waals surface area contributed by atoms with Crippen LogP contribution in [0.25, 0.3) is 0 Å². The Labute approximate surface area is 201 Å². The minimum Gasteiger partial charge on any atom is -0.348 e. The van der Waals surface area contributed by atoms with E-state index in [9.17, 15) is 18.8 Å². The molecule has 0 unspecified atom stereocenters. The summed E-state index contributed by atoms with van der Waals surface area (Å²) in [7, 11) is 0. The minimum absolute atomic E-state index is 0.215. The van der Waals surface area contributed by atoms with Crippen LogP contribution in [0.15, 0.2) is 103 Å². The maximum atomic E-state index is 13.4. The zero-order valence-corrected chi connectivity index (χ0v) is 18.6. The van der Waals surface area contributed by atoms with Gasteiger partial charge in [-0.05, 0) is 72.3 Å². The highest BCUT2D eigenvalue weighted by atomic mass is 19.1. The highest BCUT2D eigenvalue weighted by Gasteiger charge is 2.10. The molecule has 7 heteroatoms. The summed E-state index contributed by atoms with van der Waals surface area (Å²) < 4.78 is 13.4. The van der Waals surface area contributed by atoms with Crippen LogP contribution in [0, 0.1) is 5.82 Å². The summed E-state index contributed by atoms with van der Waals surface area (Å²) in [6.07, 6.45) is 0. The van der Waals surface area contributed by atoms with Gasteiger partial charge in [0.05, 0.1) is 0 Å². The average molecular weight is 468 g/mol. The Balaban J connectivity index is 1.32. The van der Waals surface area contributed by atoms with E-state index in [1.807, 2.05) is 12.1 Å². The van der Waals surface area contributed by atoms with E-state index >= 15 is 0 Å². The van der Waals surface area contributed by atoms with Crippen molar-refractivity contribution < 1.29 is 18.8 Å². The molecule has 6 nitrogen and oxygen atoms in total. The number of hydrogen-bond acceptors (Lipinski definition) is 3. The molecule has 0 aliphatic carbocycles. The van der Waals surface area contributed by atoms with E-state index in [4.69, 9.17) is 0 Å². The molecule has 4 aromatic rings. The second-order valence-electron chi connectivity index (χ2n) is 7.75. The monoisotopic (exact) mass is 467 g/mol. The van der Waals surface area contributed by atoms with Gasteiger partial charge in [0.25, 0.3) is 17.7 Å². The van der Waals surface area contributed by atoms with Crippen LogP contribution in [0.4, 0.5) is 15.8 Å². The van der Waals surface area contributed by atoms with Crippen LogP contribution in [0.3, 0.4) is 0 Å². The molecule has 3 amide bonds. The van der Waals surface area contributed by atoms with Crippen molar-refractivity contribution in [2.75, 3.05) is 10.6 Å². The lowest BCUT2D eigenvalue weighted by Crippen LogP contribution is -2.23. The summed E-state index contributed by atoms with van der Waals surface area (Å²) in [6.45, 7) is 0.245. The molecule has 4 rings (SSSR count). The molecule has 4 aromatic carbocycles. The summed E-state index contributed by atoms with van der Waals surface area (Å²) >= 11 is 0. The van der Waals surface area contributed by atoms with Crippen molar-refractivity contribution in [1.82, 2.24) is 5.32 Å². The highest BCUT2D eigenvalue weighted by molar-refractivity contribution is 6.05. The van der Waals surface area contributed by atoms with Crippen LogP contribution in [0.1, 0.15) is 36.6 Å². The first-order chi connectivity index (χ1) is 17.0. The van der Waals surface area contributed by atoms with Crippen LogP contribution >= 0.6 is 0 Å². The molecule has 3 N–H and O–H groups in total. The molecule has 0 heterocycles. The Morgan fingerprint density at radius 3 is 1.94 bits per heavy atom. The van der Waals surface area contributed by atoms with Crippen molar-refractivity contribution in [3.05, 3.63) is 131 Å². The molecule has 0 fully saturated rings. The van der Waals surface area contributed by atoms with Crippen molar-refractivity contribution >= 4 is 29.1 Å². The Hall–Kier alpha value is -4.78. The van der Waals surface area contributed by atoms with E-state index in [1.165, 1.54) is 18.2 Å². The molecular weight excluding hydrogens is 445 g/mol. The van der Waals surface area contributed by atoms with E-state index < -0.39 is 11.7 Å². The Bertz CT molecular complexity index is 1360. The molecule has 0 spiro atoms. The van der Waals surface area contributed by atoms with Crippen molar-refractivity contribution in [3.8, 4) is 0 Å². The van der Waals surface area contributed by atoms with Crippen molar-refractivity contribution in [1.29, 1.82) is 0 Å². The van der Waals surface area contributed by atoms with Crippen LogP contribution < -0.4 is 16.0 Å². The van der Waals surface area contributed by atoms with E-state index in [0.29, 0.717) is 22.5 Å². The van der Waals surface area contributed by atoms with Crippen molar-refractivity contribution in [2.45, 2.75) is 6.54 Å². The summed E-state index contributed by atoms with van der Waals surface area (Å²) in [6, 6.07) is 27.9. The second kappa shape index (κ2) is 10.9. The van der Waals surface area contributed by atoms with Crippen molar-refractivity contribution in [2.24, 2.45) is 0 Å². The molecule has 0 aliphatic heterocycles. The molecule has 174 valence electrons. The number of nitrogens with one attached hydrogen (secondary N) is 3. The molecule has 0 atom stereocenters. The average Bonchev–Trinajstić information content (AvgIpc) is 2.88. The highest BCUT2D eigenvalue weighted by Crippen LogP contribution is 2.15. The first kappa shape index (κ1) is 23.4. The summed E-state index contributed by atoms with van der Waals surface area (Å²) in [5.41, 5.74) is 3.10. The van der Waals surface area contributed by atoms with Gasteiger partial charge in [-0.3, -0.25) is 14.4 Å². The maximum absolute atomic E-state index is 13.4. The molecule has 0 aromatic heterocycles. The predicted octanol–water partition coefficient (Wildman–Crippen LogP) is 5.26. The first-order valence-electron chi connectivity index (χ1n) is 10.9. The van der Waals surface area contributed by atoms with Gasteiger partial charge in [-0.1, -0.05) is 36.4 Å². The van der Waals surface area contributed by atoms with Crippen molar-refractivity contribution in [3.63, 3.8) is 0 Å². The minimum atomic E-state index is -0.485. The van der Waals surface area contributed by atoms with Crippen LogP contribution in [0.5, 0.6) is 0 Å². The van der Waals surface area contributed by atoms with Gasteiger partial charge < -0.3 is 16.0 Å². The Morgan fingerprint density at radius 2 is 1.20 bits per heavy atom. The van der Waals surface area contributed by atoms with E-state index in [1.54, 1.807) is 66.7 Å². The lowest BCUT2D eigenvalue weighted by molar-refractivity contribution is 0.0949. The van der Waals surface area contributed by atoms with Gasteiger partial charge in [0.2, 0.25) is 0 Å². The number of amides is 3. The lowest BCUT2D eigenvalue weighted by atomic mass is 10.1. The molecule has 0 radical (unpaired) electrons. The van der Waals surface area contributed by atoms with E-state index in [2.05, 4.69) is 16.0 Å². The third-order valence-corrected chi connectivity index (χ3v) is 5.17. The standard InChI is InChI=1S/C28H22FN3O3/c29-23-10-5-9-22(17-23)28(35)32-25-11-4-6-19(16-25)18-30-26(33)21-12-14-24(15-13-21)31-27(34)20-7-2-1-3-8-20/h1-17H,18H2,(H,30,33)(H,31,34)(H,32,35). The van der Waals surface area contributed by atoms with Crippen LogP contribution in [-0.4, -0.2) is 17.7 Å². The van der Waals surface area contributed by atoms with Crippen LogP contribution in [-0.2, 0) is 6.54 Å². The molecule has 35 heavy (non-hydrogen) atoms. The number of hydrogen-bond donors (Lipinski definition) is 3. The molecule has 0 saturated heterocycles. The third kappa shape index (κ3) is 6.39. The smallest absolute Gasteiger partial charge is 0.255 e. The Kier molecular flexibility index (Phi) is 7.28. The fourth-order valence-corrected chi connectivity index (χ4v) is 3.37. The second-order valence-corrected chi connectivity index (χ2v) is 7.75. The van der Waals surface area contributed by atoms with Gasteiger partial charge in [-0.2, -0.15) is 0 Å². The topological polar surface area (TPSA) is 87.3 Å². The number of carbonyl (C=O) groups excluding carboxylic acids is 3. The molecule has 0 saturated carbocycles. The van der Waals surface area contributed by atoms with Gasteiger partial charge in [0, 0.05) is 34.6 Å². The zero-order chi connectivity index (χ0) is 24.6. The molecule has 0 aliphatic rings. The largest absolute Gasteiger partial charge is 0.348 e. The number of rotatable bonds is 7. The SMILES string of the molecule is O=C(NCc1cccc(NC(=O)c2cccc(F)c2)c1)c1ccc(NC(=O)c2ccccc2)cc1. The third-order valence-electron chi connectivity index (χ3n) is 5.17. The number of halogens is 1. The first-order valence-corrected chi connectivity index (χ1v) is 10.9.